The summed E-state index contributed by atoms with van der Waals surface area (Å²) in [5.41, 5.74) is -1.41. The van der Waals surface area contributed by atoms with Crippen molar-refractivity contribution in [1.82, 2.24) is 10.2 Å². The van der Waals surface area contributed by atoms with E-state index in [0.717, 1.165) is 4.90 Å². The summed E-state index contributed by atoms with van der Waals surface area (Å²) >= 11 is 0. The van der Waals surface area contributed by atoms with E-state index >= 15 is 0 Å². The van der Waals surface area contributed by atoms with Crippen LogP contribution in [-0.4, -0.2) is 37.0 Å². The number of halogens is 5. The molecule has 0 aromatic heterocycles. The van der Waals surface area contributed by atoms with Crippen LogP contribution in [0.2, 0.25) is 0 Å². The van der Waals surface area contributed by atoms with Crippen molar-refractivity contribution in [3.63, 3.8) is 0 Å². The van der Waals surface area contributed by atoms with Crippen LogP contribution in [0.4, 0.5) is 22.0 Å². The highest BCUT2D eigenvalue weighted by atomic mass is 19.2. The number of hydrogen-bond acceptors (Lipinski definition) is 2. The van der Waals surface area contributed by atoms with Crippen LogP contribution in [0.1, 0.15) is 23.2 Å². The normalized spacial score (nSPS) is 16.1. The maximum atomic E-state index is 13.6. The van der Waals surface area contributed by atoms with Gasteiger partial charge in [0.05, 0.1) is 0 Å². The van der Waals surface area contributed by atoms with Gasteiger partial charge in [0.2, 0.25) is 5.82 Å². The number of rotatable bonds is 2. The van der Waals surface area contributed by atoms with E-state index in [0.29, 0.717) is 25.9 Å². The van der Waals surface area contributed by atoms with Crippen molar-refractivity contribution in [2.24, 2.45) is 0 Å². The third-order valence-electron chi connectivity index (χ3n) is 3.60. The van der Waals surface area contributed by atoms with E-state index in [-0.39, 0.29) is 6.04 Å². The maximum absolute atomic E-state index is 13.6. The Bertz CT molecular complexity index is 543. The third kappa shape index (κ3) is 2.72. The van der Waals surface area contributed by atoms with Gasteiger partial charge in [-0.3, -0.25) is 4.79 Å². The Morgan fingerprint density at radius 3 is 1.86 bits per heavy atom. The molecular formula is C13H13F5N2O. The highest BCUT2D eigenvalue weighted by Crippen LogP contribution is 2.25. The molecule has 1 saturated heterocycles. The minimum Gasteiger partial charge on any atom is -0.338 e. The van der Waals surface area contributed by atoms with Gasteiger partial charge in [-0.2, -0.15) is 0 Å². The van der Waals surface area contributed by atoms with Crippen molar-refractivity contribution >= 4 is 5.91 Å². The zero-order chi connectivity index (χ0) is 15.7. The monoisotopic (exact) mass is 308 g/mol. The number of nitrogens with one attached hydrogen (secondary N) is 1. The molecule has 1 aromatic carbocycles. The molecule has 0 unspecified atom stereocenters. The molecule has 2 rings (SSSR count). The van der Waals surface area contributed by atoms with Crippen molar-refractivity contribution in [2.45, 2.75) is 18.9 Å². The van der Waals surface area contributed by atoms with E-state index in [4.69, 9.17) is 0 Å². The molecule has 8 heteroatoms. The molecule has 0 spiro atoms. The quantitative estimate of drug-likeness (QED) is 0.516. The van der Waals surface area contributed by atoms with Gasteiger partial charge in [0.25, 0.3) is 5.91 Å². The second kappa shape index (κ2) is 5.97. The minimum absolute atomic E-state index is 0.311. The van der Waals surface area contributed by atoms with Gasteiger partial charge >= 0.3 is 0 Å². The van der Waals surface area contributed by atoms with Crippen molar-refractivity contribution in [2.75, 3.05) is 20.1 Å². The Labute approximate surface area is 117 Å². The summed E-state index contributed by atoms with van der Waals surface area (Å²) < 4.78 is 66.4. The zero-order valence-corrected chi connectivity index (χ0v) is 11.2. The third-order valence-corrected chi connectivity index (χ3v) is 3.60. The lowest BCUT2D eigenvalue weighted by Gasteiger charge is -2.31. The molecule has 1 aliphatic rings. The van der Waals surface area contributed by atoms with Gasteiger partial charge in [-0.25, -0.2) is 22.0 Å². The van der Waals surface area contributed by atoms with Crippen LogP contribution >= 0.6 is 0 Å². The standard InChI is InChI=1S/C13H13F5N2O/c1-20(6-2-4-19-5-3-6)13(21)7-8(14)10(16)12(18)11(17)9(7)15/h6,19H,2-5H2,1H3. The molecule has 1 aliphatic heterocycles. The SMILES string of the molecule is CN(C(=O)c1c(F)c(F)c(F)c(F)c1F)C1CCNCC1. The summed E-state index contributed by atoms with van der Waals surface area (Å²) in [5.74, 6) is -11.9. The van der Waals surface area contributed by atoms with Crippen LogP contribution in [0.3, 0.4) is 0 Å². The predicted molar refractivity (Wildman–Crippen MR) is 64.2 cm³/mol. The Morgan fingerprint density at radius 1 is 0.952 bits per heavy atom. The summed E-state index contributed by atoms with van der Waals surface area (Å²) in [6, 6.07) is -0.311. The molecule has 1 aromatic rings. The Hall–Kier alpha value is -1.70. The van der Waals surface area contributed by atoms with Crippen LogP contribution in [0.25, 0.3) is 0 Å². The highest BCUT2D eigenvalue weighted by Gasteiger charge is 2.33. The summed E-state index contributed by atoms with van der Waals surface area (Å²) in [5, 5.41) is 3.04. The first-order chi connectivity index (χ1) is 9.86. The summed E-state index contributed by atoms with van der Waals surface area (Å²) in [6.45, 7) is 1.22. The fraction of sp³-hybridized carbons (Fsp3) is 0.462. The molecule has 1 N–H and O–H groups in total. The molecule has 1 amide bonds. The lowest BCUT2D eigenvalue weighted by Crippen LogP contribution is -2.44. The minimum atomic E-state index is -2.27. The van der Waals surface area contributed by atoms with E-state index in [1.165, 1.54) is 7.05 Å². The van der Waals surface area contributed by atoms with Gasteiger partial charge < -0.3 is 10.2 Å². The smallest absolute Gasteiger partial charge is 0.260 e. The first kappa shape index (κ1) is 15.7. The molecule has 116 valence electrons. The molecular weight excluding hydrogens is 295 g/mol. The number of carbonyl (C=O) groups excluding carboxylic acids is 1. The van der Waals surface area contributed by atoms with Gasteiger partial charge in [-0.15, -0.1) is 0 Å². The van der Waals surface area contributed by atoms with Crippen LogP contribution in [0, 0.1) is 29.1 Å². The summed E-state index contributed by atoms with van der Waals surface area (Å²) in [7, 11) is 1.29. The van der Waals surface area contributed by atoms with Gasteiger partial charge in [0.15, 0.2) is 23.3 Å². The number of piperidine rings is 1. The molecule has 0 bridgehead atoms. The molecule has 1 heterocycles. The van der Waals surface area contributed by atoms with Gasteiger partial charge in [0.1, 0.15) is 5.56 Å². The molecule has 0 aliphatic carbocycles. The van der Waals surface area contributed by atoms with Crippen molar-refractivity contribution in [3.8, 4) is 0 Å². The van der Waals surface area contributed by atoms with Gasteiger partial charge in [0, 0.05) is 13.1 Å². The lowest BCUT2D eigenvalue weighted by atomic mass is 10.0. The fourth-order valence-electron chi connectivity index (χ4n) is 2.33. The van der Waals surface area contributed by atoms with E-state index < -0.39 is 40.6 Å². The number of amides is 1. The highest BCUT2D eigenvalue weighted by molar-refractivity contribution is 5.95. The molecule has 3 nitrogen and oxygen atoms in total. The largest absolute Gasteiger partial charge is 0.338 e. The summed E-state index contributed by atoms with van der Waals surface area (Å²) in [6.07, 6.45) is 1.08. The van der Waals surface area contributed by atoms with E-state index in [1.54, 1.807) is 0 Å². The summed E-state index contributed by atoms with van der Waals surface area (Å²) in [4.78, 5) is 13.1. The second-order valence-corrected chi connectivity index (χ2v) is 4.84. The second-order valence-electron chi connectivity index (χ2n) is 4.84. The first-order valence-electron chi connectivity index (χ1n) is 6.35. The Balaban J connectivity index is 2.39. The van der Waals surface area contributed by atoms with Crippen molar-refractivity contribution in [1.29, 1.82) is 0 Å². The van der Waals surface area contributed by atoms with Crippen molar-refractivity contribution < 1.29 is 26.7 Å². The molecule has 1 fully saturated rings. The van der Waals surface area contributed by atoms with Gasteiger partial charge in [-0.1, -0.05) is 0 Å². The van der Waals surface area contributed by atoms with E-state index in [9.17, 15) is 26.7 Å². The molecule has 0 radical (unpaired) electrons. The van der Waals surface area contributed by atoms with E-state index in [2.05, 4.69) is 5.32 Å². The number of hydrogen-bond donors (Lipinski definition) is 1. The van der Waals surface area contributed by atoms with Crippen molar-refractivity contribution in [3.05, 3.63) is 34.6 Å². The average Bonchev–Trinajstić information content (AvgIpc) is 2.51. The Kier molecular flexibility index (Phi) is 4.46. The lowest BCUT2D eigenvalue weighted by molar-refractivity contribution is 0.0690. The predicted octanol–water partition coefficient (Wildman–Crippen LogP) is 2.21. The maximum Gasteiger partial charge on any atom is 0.260 e. The Morgan fingerprint density at radius 2 is 1.38 bits per heavy atom. The number of carbonyl (C=O) groups is 1. The number of nitrogens with zero attached hydrogens (tertiary/aromatic N) is 1. The molecule has 0 atom stereocenters. The fourth-order valence-corrected chi connectivity index (χ4v) is 2.33. The topological polar surface area (TPSA) is 32.3 Å². The van der Waals surface area contributed by atoms with Crippen LogP contribution in [0.15, 0.2) is 0 Å². The van der Waals surface area contributed by atoms with Gasteiger partial charge in [-0.05, 0) is 25.9 Å². The zero-order valence-electron chi connectivity index (χ0n) is 11.2. The van der Waals surface area contributed by atoms with Crippen LogP contribution in [-0.2, 0) is 0 Å². The van der Waals surface area contributed by atoms with Crippen LogP contribution < -0.4 is 5.32 Å². The molecule has 21 heavy (non-hydrogen) atoms. The first-order valence-corrected chi connectivity index (χ1v) is 6.35. The van der Waals surface area contributed by atoms with E-state index in [1.807, 2.05) is 0 Å². The number of benzene rings is 1. The van der Waals surface area contributed by atoms with Crippen LogP contribution in [0.5, 0.6) is 0 Å². The molecule has 0 saturated carbocycles. The average molecular weight is 308 g/mol.